The summed E-state index contributed by atoms with van der Waals surface area (Å²) in [5, 5.41) is 0.446. The van der Waals surface area contributed by atoms with Gasteiger partial charge in [-0.2, -0.15) is 0 Å². The van der Waals surface area contributed by atoms with E-state index in [4.69, 9.17) is 16.3 Å². The number of nitrogens with zero attached hydrogens (tertiary/aromatic N) is 4. The van der Waals surface area contributed by atoms with Crippen LogP contribution in [-0.2, 0) is 14.3 Å². The summed E-state index contributed by atoms with van der Waals surface area (Å²) in [4.78, 5) is 35.8. The average Bonchev–Trinajstić information content (AvgIpc) is 2.55. The van der Waals surface area contributed by atoms with Gasteiger partial charge in [-0.1, -0.05) is 11.6 Å². The van der Waals surface area contributed by atoms with E-state index in [0.29, 0.717) is 30.7 Å². The minimum Gasteiger partial charge on any atom is -0.466 e. The van der Waals surface area contributed by atoms with Crippen LogP contribution in [0.2, 0.25) is 5.02 Å². The zero-order chi connectivity index (χ0) is 16.8. The summed E-state index contributed by atoms with van der Waals surface area (Å²) in [7, 11) is 1.74. The third-order valence-corrected chi connectivity index (χ3v) is 3.91. The molecule has 1 aliphatic rings. The molecule has 2 rings (SSSR count). The number of carbonyl (C=O) groups is 2. The van der Waals surface area contributed by atoms with Crippen LogP contribution < -0.4 is 4.90 Å². The summed E-state index contributed by atoms with van der Waals surface area (Å²) in [6.45, 7) is 3.36. The van der Waals surface area contributed by atoms with E-state index in [0.717, 1.165) is 12.8 Å². The molecule has 1 aromatic rings. The van der Waals surface area contributed by atoms with Gasteiger partial charge in [-0.3, -0.25) is 9.59 Å². The van der Waals surface area contributed by atoms with E-state index in [-0.39, 0.29) is 24.3 Å². The van der Waals surface area contributed by atoms with Gasteiger partial charge >= 0.3 is 5.97 Å². The Kier molecular flexibility index (Phi) is 6.15. The topological polar surface area (TPSA) is 75.6 Å². The standard InChI is InChI=1S/C15H21ClN4O3/c1-3-23-14(22)11-5-4-6-20(9-11)13(21)10-19(2)15-17-7-12(16)8-18-15/h7-8,11H,3-6,9-10H2,1-2H3. The fourth-order valence-corrected chi connectivity index (χ4v) is 2.63. The molecule has 1 atom stereocenters. The number of rotatable bonds is 5. The molecule has 0 N–H and O–H groups in total. The largest absolute Gasteiger partial charge is 0.466 e. The number of carbonyl (C=O) groups excluding carboxylic acids is 2. The number of amides is 1. The van der Waals surface area contributed by atoms with Crippen molar-refractivity contribution in [1.29, 1.82) is 0 Å². The first-order chi connectivity index (χ1) is 11.0. The van der Waals surface area contributed by atoms with Gasteiger partial charge in [-0.15, -0.1) is 0 Å². The highest BCUT2D eigenvalue weighted by atomic mass is 35.5. The van der Waals surface area contributed by atoms with Crippen LogP contribution >= 0.6 is 11.6 Å². The van der Waals surface area contributed by atoms with Gasteiger partial charge in [0.05, 0.1) is 36.5 Å². The first-order valence-corrected chi connectivity index (χ1v) is 8.02. The van der Waals surface area contributed by atoms with Gasteiger partial charge in [0.1, 0.15) is 0 Å². The molecule has 0 radical (unpaired) electrons. The first-order valence-electron chi connectivity index (χ1n) is 7.64. The molecule has 1 aliphatic heterocycles. The molecule has 0 bridgehead atoms. The van der Waals surface area contributed by atoms with E-state index in [2.05, 4.69) is 9.97 Å². The molecule has 1 fully saturated rings. The van der Waals surface area contributed by atoms with Crippen molar-refractivity contribution in [3.8, 4) is 0 Å². The predicted molar refractivity (Wildman–Crippen MR) is 86.2 cm³/mol. The average molecular weight is 341 g/mol. The Balaban J connectivity index is 1.91. The molecule has 0 spiro atoms. The molecule has 1 saturated heterocycles. The number of piperidine rings is 1. The number of aromatic nitrogens is 2. The Morgan fingerprint density at radius 1 is 1.43 bits per heavy atom. The molecule has 1 aromatic heterocycles. The molecule has 0 aromatic carbocycles. The van der Waals surface area contributed by atoms with E-state index in [1.165, 1.54) is 12.4 Å². The van der Waals surface area contributed by atoms with E-state index < -0.39 is 0 Å². The predicted octanol–water partition coefficient (Wildman–Crippen LogP) is 1.37. The Hall–Kier alpha value is -1.89. The maximum absolute atomic E-state index is 12.4. The zero-order valence-corrected chi connectivity index (χ0v) is 14.1. The summed E-state index contributed by atoms with van der Waals surface area (Å²) in [6, 6.07) is 0. The molecule has 0 aliphatic carbocycles. The summed E-state index contributed by atoms with van der Waals surface area (Å²) < 4.78 is 5.05. The smallest absolute Gasteiger partial charge is 0.310 e. The molecular formula is C15H21ClN4O3. The summed E-state index contributed by atoms with van der Waals surface area (Å²) in [5.74, 6) is -0.0779. The number of hydrogen-bond donors (Lipinski definition) is 0. The van der Waals surface area contributed by atoms with E-state index in [9.17, 15) is 9.59 Å². The summed E-state index contributed by atoms with van der Waals surface area (Å²) in [5.41, 5.74) is 0. The van der Waals surface area contributed by atoms with Crippen LogP contribution in [0, 0.1) is 5.92 Å². The monoisotopic (exact) mass is 340 g/mol. The van der Waals surface area contributed by atoms with Gasteiger partial charge in [0, 0.05) is 20.1 Å². The minimum absolute atomic E-state index is 0.0555. The lowest BCUT2D eigenvalue weighted by molar-refractivity contribution is -0.151. The quantitative estimate of drug-likeness (QED) is 0.753. The third-order valence-electron chi connectivity index (χ3n) is 3.71. The van der Waals surface area contributed by atoms with Crippen molar-refractivity contribution < 1.29 is 14.3 Å². The first kappa shape index (κ1) is 17.5. The molecule has 0 saturated carbocycles. The van der Waals surface area contributed by atoms with Crippen molar-refractivity contribution in [3.63, 3.8) is 0 Å². The van der Waals surface area contributed by atoms with Crippen LogP contribution in [0.5, 0.6) is 0 Å². The van der Waals surface area contributed by atoms with E-state index >= 15 is 0 Å². The molecule has 8 heteroatoms. The van der Waals surface area contributed by atoms with Gasteiger partial charge in [-0.25, -0.2) is 9.97 Å². The Bertz CT molecular complexity index is 552. The SMILES string of the molecule is CCOC(=O)C1CCCN(C(=O)CN(C)c2ncc(Cl)cn2)C1. The highest BCUT2D eigenvalue weighted by Crippen LogP contribution is 2.18. The molecule has 1 unspecified atom stereocenters. The van der Waals surface area contributed by atoms with Gasteiger partial charge in [-0.05, 0) is 19.8 Å². The Labute approximate surface area is 140 Å². The summed E-state index contributed by atoms with van der Waals surface area (Å²) >= 11 is 5.75. The fraction of sp³-hybridized carbons (Fsp3) is 0.600. The number of anilines is 1. The second kappa shape index (κ2) is 8.10. The van der Waals surface area contributed by atoms with Crippen molar-refractivity contribution in [3.05, 3.63) is 17.4 Å². The maximum Gasteiger partial charge on any atom is 0.310 e. The van der Waals surface area contributed by atoms with Crippen molar-refractivity contribution in [2.24, 2.45) is 5.92 Å². The fourth-order valence-electron chi connectivity index (χ4n) is 2.53. The van der Waals surface area contributed by atoms with Crippen LogP contribution in [0.25, 0.3) is 0 Å². The Morgan fingerprint density at radius 2 is 2.13 bits per heavy atom. The van der Waals surface area contributed by atoms with Crippen molar-refractivity contribution in [1.82, 2.24) is 14.9 Å². The van der Waals surface area contributed by atoms with Crippen LogP contribution in [0.4, 0.5) is 5.95 Å². The number of hydrogen-bond acceptors (Lipinski definition) is 6. The van der Waals surface area contributed by atoms with Crippen LogP contribution in [-0.4, -0.2) is 60.0 Å². The number of esters is 1. The summed E-state index contributed by atoms with van der Waals surface area (Å²) in [6.07, 6.45) is 4.54. The second-order valence-electron chi connectivity index (χ2n) is 5.49. The highest BCUT2D eigenvalue weighted by molar-refractivity contribution is 6.30. The van der Waals surface area contributed by atoms with Crippen LogP contribution in [0.15, 0.2) is 12.4 Å². The normalized spacial score (nSPS) is 17.7. The number of ether oxygens (including phenoxy) is 1. The van der Waals surface area contributed by atoms with E-state index in [1.807, 2.05) is 0 Å². The molecule has 7 nitrogen and oxygen atoms in total. The lowest BCUT2D eigenvalue weighted by Crippen LogP contribution is -2.46. The molecule has 1 amide bonds. The lowest BCUT2D eigenvalue weighted by Gasteiger charge is -2.32. The molecule has 23 heavy (non-hydrogen) atoms. The maximum atomic E-state index is 12.4. The van der Waals surface area contributed by atoms with Gasteiger partial charge in [0.25, 0.3) is 0 Å². The van der Waals surface area contributed by atoms with Crippen molar-refractivity contribution >= 4 is 29.4 Å². The van der Waals surface area contributed by atoms with Gasteiger partial charge in [0.2, 0.25) is 11.9 Å². The third kappa shape index (κ3) is 4.79. The molecule has 2 heterocycles. The van der Waals surface area contributed by atoms with Crippen LogP contribution in [0.3, 0.4) is 0 Å². The zero-order valence-electron chi connectivity index (χ0n) is 13.4. The number of likely N-dealkylation sites (N-methyl/N-ethyl adjacent to an activating group) is 1. The highest BCUT2D eigenvalue weighted by Gasteiger charge is 2.29. The van der Waals surface area contributed by atoms with E-state index in [1.54, 1.807) is 23.8 Å². The van der Waals surface area contributed by atoms with Gasteiger partial charge in [0.15, 0.2) is 0 Å². The Morgan fingerprint density at radius 3 is 2.78 bits per heavy atom. The van der Waals surface area contributed by atoms with Crippen molar-refractivity contribution in [2.45, 2.75) is 19.8 Å². The van der Waals surface area contributed by atoms with Crippen LogP contribution in [0.1, 0.15) is 19.8 Å². The second-order valence-corrected chi connectivity index (χ2v) is 5.92. The lowest BCUT2D eigenvalue weighted by atomic mass is 9.98. The van der Waals surface area contributed by atoms with Gasteiger partial charge < -0.3 is 14.5 Å². The minimum atomic E-state index is -0.232. The molecular weight excluding hydrogens is 320 g/mol. The van der Waals surface area contributed by atoms with Crippen molar-refractivity contribution in [2.75, 3.05) is 38.2 Å². The number of likely N-dealkylation sites (tertiary alicyclic amines) is 1. The number of halogens is 1. The molecule has 126 valence electrons.